The summed E-state index contributed by atoms with van der Waals surface area (Å²) in [4.78, 5) is 5.23. The minimum Gasteiger partial charge on any atom is -0.298 e. The third-order valence-corrected chi connectivity index (χ3v) is 4.41. The van der Waals surface area contributed by atoms with Crippen molar-refractivity contribution in [3.8, 4) is 6.07 Å². The SMILES string of the molecule is N#Cc1ccc(CN2CCN3CCCCC3C2)cc1. The van der Waals surface area contributed by atoms with Crippen molar-refractivity contribution in [1.29, 1.82) is 5.26 Å². The van der Waals surface area contributed by atoms with Gasteiger partial charge in [0.15, 0.2) is 0 Å². The summed E-state index contributed by atoms with van der Waals surface area (Å²) in [5.41, 5.74) is 2.07. The number of piperazine rings is 1. The number of fused-ring (bicyclic) bond motifs is 1. The second kappa shape index (κ2) is 5.73. The van der Waals surface area contributed by atoms with Gasteiger partial charge in [0.1, 0.15) is 0 Å². The van der Waals surface area contributed by atoms with Crippen LogP contribution in [-0.4, -0.2) is 42.0 Å². The number of rotatable bonds is 2. The molecular formula is C16H21N3. The van der Waals surface area contributed by atoms with Gasteiger partial charge >= 0.3 is 0 Å². The van der Waals surface area contributed by atoms with Gasteiger partial charge in [-0.25, -0.2) is 0 Å². The Labute approximate surface area is 115 Å². The fourth-order valence-corrected chi connectivity index (χ4v) is 3.31. The first kappa shape index (κ1) is 12.7. The molecule has 19 heavy (non-hydrogen) atoms. The van der Waals surface area contributed by atoms with E-state index in [1.807, 2.05) is 12.1 Å². The maximum absolute atomic E-state index is 8.81. The highest BCUT2D eigenvalue weighted by atomic mass is 15.3. The minimum absolute atomic E-state index is 0.751. The Balaban J connectivity index is 1.59. The molecule has 0 aliphatic carbocycles. The number of hydrogen-bond donors (Lipinski definition) is 0. The van der Waals surface area contributed by atoms with Gasteiger partial charge in [-0.05, 0) is 37.1 Å². The van der Waals surface area contributed by atoms with Crippen molar-refractivity contribution in [1.82, 2.24) is 9.80 Å². The van der Waals surface area contributed by atoms with Crippen LogP contribution in [0.15, 0.2) is 24.3 Å². The highest BCUT2D eigenvalue weighted by Crippen LogP contribution is 2.22. The standard InChI is InChI=1S/C16H21N3/c17-11-14-4-6-15(7-5-14)12-18-9-10-19-8-2-1-3-16(19)13-18/h4-7,16H,1-3,8-10,12-13H2. The van der Waals surface area contributed by atoms with Crippen LogP contribution in [0.1, 0.15) is 30.4 Å². The van der Waals surface area contributed by atoms with Crippen LogP contribution >= 0.6 is 0 Å². The maximum atomic E-state index is 8.81. The van der Waals surface area contributed by atoms with Gasteiger partial charge in [-0.1, -0.05) is 18.6 Å². The Morgan fingerprint density at radius 1 is 1.11 bits per heavy atom. The zero-order chi connectivity index (χ0) is 13.1. The second-order valence-electron chi connectivity index (χ2n) is 5.73. The van der Waals surface area contributed by atoms with Crippen LogP contribution < -0.4 is 0 Å². The molecule has 0 aromatic heterocycles. The van der Waals surface area contributed by atoms with Crippen LogP contribution in [0, 0.1) is 11.3 Å². The van der Waals surface area contributed by atoms with Crippen LogP contribution in [-0.2, 0) is 6.54 Å². The van der Waals surface area contributed by atoms with E-state index in [0.717, 1.165) is 18.2 Å². The van der Waals surface area contributed by atoms with Crippen LogP contribution in [0.3, 0.4) is 0 Å². The van der Waals surface area contributed by atoms with E-state index in [1.165, 1.54) is 51.0 Å². The zero-order valence-electron chi connectivity index (χ0n) is 11.4. The van der Waals surface area contributed by atoms with Gasteiger partial charge in [-0.2, -0.15) is 5.26 Å². The average Bonchev–Trinajstić information content (AvgIpc) is 2.48. The summed E-state index contributed by atoms with van der Waals surface area (Å²) in [6, 6.07) is 11.0. The van der Waals surface area contributed by atoms with E-state index >= 15 is 0 Å². The zero-order valence-corrected chi connectivity index (χ0v) is 11.4. The predicted molar refractivity (Wildman–Crippen MR) is 75.6 cm³/mol. The number of benzene rings is 1. The van der Waals surface area contributed by atoms with Crippen molar-refractivity contribution in [2.45, 2.75) is 31.8 Å². The molecular weight excluding hydrogens is 234 g/mol. The molecule has 0 saturated carbocycles. The molecule has 3 rings (SSSR count). The van der Waals surface area contributed by atoms with E-state index in [2.05, 4.69) is 28.0 Å². The topological polar surface area (TPSA) is 30.3 Å². The van der Waals surface area contributed by atoms with E-state index in [-0.39, 0.29) is 0 Å². The number of nitrogens with zero attached hydrogens (tertiary/aromatic N) is 3. The molecule has 2 aliphatic rings. The van der Waals surface area contributed by atoms with Crippen molar-refractivity contribution in [3.05, 3.63) is 35.4 Å². The predicted octanol–water partition coefficient (Wildman–Crippen LogP) is 2.23. The molecule has 1 aromatic carbocycles. The van der Waals surface area contributed by atoms with E-state index in [4.69, 9.17) is 5.26 Å². The van der Waals surface area contributed by atoms with E-state index in [1.54, 1.807) is 0 Å². The first-order valence-electron chi connectivity index (χ1n) is 7.30. The minimum atomic E-state index is 0.751. The van der Waals surface area contributed by atoms with Crippen molar-refractivity contribution in [2.75, 3.05) is 26.2 Å². The molecule has 2 heterocycles. The van der Waals surface area contributed by atoms with Gasteiger partial charge in [-0.15, -0.1) is 0 Å². The third kappa shape index (κ3) is 2.97. The van der Waals surface area contributed by atoms with Crippen LogP contribution in [0.4, 0.5) is 0 Å². The molecule has 1 atom stereocenters. The lowest BCUT2D eigenvalue weighted by Crippen LogP contribution is -2.54. The highest BCUT2D eigenvalue weighted by Gasteiger charge is 2.28. The molecule has 3 nitrogen and oxygen atoms in total. The molecule has 0 amide bonds. The largest absolute Gasteiger partial charge is 0.298 e. The third-order valence-electron chi connectivity index (χ3n) is 4.41. The number of nitriles is 1. The van der Waals surface area contributed by atoms with Gasteiger partial charge < -0.3 is 0 Å². The van der Waals surface area contributed by atoms with Crippen LogP contribution in [0.5, 0.6) is 0 Å². The highest BCUT2D eigenvalue weighted by molar-refractivity contribution is 5.31. The Morgan fingerprint density at radius 3 is 2.74 bits per heavy atom. The average molecular weight is 255 g/mol. The Morgan fingerprint density at radius 2 is 1.95 bits per heavy atom. The first-order chi connectivity index (χ1) is 9.35. The lowest BCUT2D eigenvalue weighted by molar-refractivity contribution is 0.0457. The maximum Gasteiger partial charge on any atom is 0.0991 e. The van der Waals surface area contributed by atoms with Gasteiger partial charge in [-0.3, -0.25) is 9.80 Å². The summed E-state index contributed by atoms with van der Waals surface area (Å²) >= 11 is 0. The molecule has 3 heteroatoms. The molecule has 1 aromatic rings. The van der Waals surface area contributed by atoms with Crippen LogP contribution in [0.25, 0.3) is 0 Å². The van der Waals surface area contributed by atoms with Gasteiger partial charge in [0.05, 0.1) is 11.6 Å². The molecule has 0 bridgehead atoms. The van der Waals surface area contributed by atoms with Crippen molar-refractivity contribution in [2.24, 2.45) is 0 Å². The van der Waals surface area contributed by atoms with E-state index < -0.39 is 0 Å². The monoisotopic (exact) mass is 255 g/mol. The van der Waals surface area contributed by atoms with Gasteiger partial charge in [0.25, 0.3) is 0 Å². The summed E-state index contributed by atoms with van der Waals surface area (Å²) < 4.78 is 0. The smallest absolute Gasteiger partial charge is 0.0991 e. The second-order valence-corrected chi connectivity index (χ2v) is 5.73. The summed E-state index contributed by atoms with van der Waals surface area (Å²) in [6.45, 7) is 5.93. The molecule has 100 valence electrons. The molecule has 1 unspecified atom stereocenters. The molecule has 0 radical (unpaired) electrons. The van der Waals surface area contributed by atoms with Crippen LogP contribution in [0.2, 0.25) is 0 Å². The molecule has 2 saturated heterocycles. The quantitative estimate of drug-likeness (QED) is 0.812. The summed E-state index contributed by atoms with van der Waals surface area (Å²) in [5, 5.41) is 8.81. The summed E-state index contributed by atoms with van der Waals surface area (Å²) in [6.07, 6.45) is 4.14. The van der Waals surface area contributed by atoms with Crippen molar-refractivity contribution in [3.63, 3.8) is 0 Å². The van der Waals surface area contributed by atoms with Gasteiger partial charge in [0, 0.05) is 32.2 Å². The van der Waals surface area contributed by atoms with Crippen molar-refractivity contribution >= 4 is 0 Å². The Bertz CT molecular complexity index is 460. The number of hydrogen-bond acceptors (Lipinski definition) is 3. The van der Waals surface area contributed by atoms with E-state index in [0.29, 0.717) is 0 Å². The Hall–Kier alpha value is -1.37. The summed E-state index contributed by atoms with van der Waals surface area (Å²) in [7, 11) is 0. The number of piperidine rings is 1. The first-order valence-corrected chi connectivity index (χ1v) is 7.30. The lowest BCUT2D eigenvalue weighted by atomic mass is 9.99. The summed E-state index contributed by atoms with van der Waals surface area (Å²) in [5.74, 6) is 0. The lowest BCUT2D eigenvalue weighted by Gasteiger charge is -2.44. The molecule has 0 N–H and O–H groups in total. The fourth-order valence-electron chi connectivity index (χ4n) is 3.31. The van der Waals surface area contributed by atoms with Gasteiger partial charge in [0.2, 0.25) is 0 Å². The molecule has 0 spiro atoms. The Kier molecular flexibility index (Phi) is 3.82. The molecule has 2 fully saturated rings. The molecule has 2 aliphatic heterocycles. The van der Waals surface area contributed by atoms with E-state index in [9.17, 15) is 0 Å². The normalized spacial score (nSPS) is 24.7. The van der Waals surface area contributed by atoms with Crippen molar-refractivity contribution < 1.29 is 0 Å². The fraction of sp³-hybridized carbons (Fsp3) is 0.562.